The third kappa shape index (κ3) is 1.45. The minimum atomic E-state index is -0.453. The Bertz CT molecular complexity index is 160. The second-order valence-corrected chi connectivity index (χ2v) is 2.09. The molecule has 3 nitrogen and oxygen atoms in total. The molecule has 1 aliphatic heterocycles. The lowest BCUT2D eigenvalue weighted by Gasteiger charge is -2.15. The highest BCUT2D eigenvalue weighted by molar-refractivity contribution is 5.83. The summed E-state index contributed by atoms with van der Waals surface area (Å²) in [5.41, 5.74) is 0. The van der Waals surface area contributed by atoms with E-state index in [1.807, 2.05) is 0 Å². The molecule has 0 spiro atoms. The Labute approximate surface area is 52.9 Å². The fraction of sp³-hybridized carbons (Fsp3) is 0.500. The molecule has 0 aliphatic carbocycles. The average Bonchev–Trinajstić information content (AvgIpc) is 1.59. The van der Waals surface area contributed by atoms with E-state index in [1.54, 1.807) is 6.92 Å². The van der Waals surface area contributed by atoms with Gasteiger partial charge in [-0.05, 0) is 6.92 Å². The molecule has 1 unspecified atom stereocenters. The molecule has 0 amide bonds. The van der Waals surface area contributed by atoms with Crippen LogP contribution in [0.25, 0.3) is 0 Å². The van der Waals surface area contributed by atoms with Crippen molar-refractivity contribution in [3.8, 4) is 0 Å². The number of cyclic esters (lactones) is 1. The Hall–Kier alpha value is -0.990. The van der Waals surface area contributed by atoms with Gasteiger partial charge in [0.15, 0.2) is 0 Å². The molecular formula is C6H8O3. The monoisotopic (exact) mass is 128 g/mol. The van der Waals surface area contributed by atoms with Gasteiger partial charge in [-0.15, -0.1) is 0 Å². The van der Waals surface area contributed by atoms with Crippen LogP contribution in [0.2, 0.25) is 0 Å². The number of carbonyl (C=O) groups excluding carboxylic acids is 1. The van der Waals surface area contributed by atoms with E-state index < -0.39 is 5.97 Å². The standard InChI is InChI=1S/C6H8O3/c1-4-2-5(7)3-6(8)9-4/h3-4,7H,2H2,1H3. The molecule has 50 valence electrons. The average molecular weight is 128 g/mol. The van der Waals surface area contributed by atoms with Gasteiger partial charge in [0.2, 0.25) is 0 Å². The first-order chi connectivity index (χ1) is 4.18. The third-order valence-electron chi connectivity index (χ3n) is 1.10. The Morgan fingerprint density at radius 2 is 2.56 bits per heavy atom. The summed E-state index contributed by atoms with van der Waals surface area (Å²) in [6, 6.07) is 0. The van der Waals surface area contributed by atoms with Crippen molar-refractivity contribution >= 4 is 5.97 Å². The van der Waals surface area contributed by atoms with Crippen molar-refractivity contribution in [2.45, 2.75) is 19.4 Å². The smallest absolute Gasteiger partial charge is 0.334 e. The van der Waals surface area contributed by atoms with Crippen molar-refractivity contribution in [1.82, 2.24) is 0 Å². The summed E-state index contributed by atoms with van der Waals surface area (Å²) < 4.78 is 4.68. The highest BCUT2D eigenvalue weighted by Gasteiger charge is 2.15. The van der Waals surface area contributed by atoms with Crippen LogP contribution in [0, 0.1) is 0 Å². The second-order valence-electron chi connectivity index (χ2n) is 2.09. The molecule has 0 saturated heterocycles. The van der Waals surface area contributed by atoms with Crippen LogP contribution in [0.15, 0.2) is 11.8 Å². The van der Waals surface area contributed by atoms with Crippen molar-refractivity contribution < 1.29 is 14.6 Å². The fourth-order valence-electron chi connectivity index (χ4n) is 0.763. The van der Waals surface area contributed by atoms with Crippen molar-refractivity contribution in [2.24, 2.45) is 0 Å². The largest absolute Gasteiger partial charge is 0.512 e. The van der Waals surface area contributed by atoms with Gasteiger partial charge < -0.3 is 9.84 Å². The number of ether oxygens (including phenoxy) is 1. The number of aliphatic hydroxyl groups is 1. The first kappa shape index (κ1) is 6.13. The number of carbonyl (C=O) groups is 1. The molecule has 1 rings (SSSR count). The van der Waals surface area contributed by atoms with Gasteiger partial charge in [0.1, 0.15) is 11.9 Å². The topological polar surface area (TPSA) is 46.5 Å². The molecule has 1 atom stereocenters. The van der Waals surface area contributed by atoms with E-state index >= 15 is 0 Å². The third-order valence-corrected chi connectivity index (χ3v) is 1.10. The summed E-state index contributed by atoms with van der Waals surface area (Å²) in [5, 5.41) is 8.81. The number of hydrogen-bond donors (Lipinski definition) is 1. The van der Waals surface area contributed by atoms with Gasteiger partial charge >= 0.3 is 5.97 Å². The summed E-state index contributed by atoms with van der Waals surface area (Å²) in [6.07, 6.45) is 1.36. The van der Waals surface area contributed by atoms with Crippen molar-refractivity contribution in [1.29, 1.82) is 0 Å². The van der Waals surface area contributed by atoms with Crippen LogP contribution >= 0.6 is 0 Å². The van der Waals surface area contributed by atoms with Crippen LogP contribution in [0.3, 0.4) is 0 Å². The van der Waals surface area contributed by atoms with Gasteiger partial charge in [-0.25, -0.2) is 4.79 Å². The Balaban J connectivity index is 2.67. The van der Waals surface area contributed by atoms with E-state index in [0.29, 0.717) is 6.42 Å². The van der Waals surface area contributed by atoms with Gasteiger partial charge in [-0.1, -0.05) is 0 Å². The summed E-state index contributed by atoms with van der Waals surface area (Å²) in [4.78, 5) is 10.4. The Kier molecular flexibility index (Phi) is 1.42. The summed E-state index contributed by atoms with van der Waals surface area (Å²) >= 11 is 0. The molecule has 0 aromatic heterocycles. The minimum Gasteiger partial charge on any atom is -0.512 e. The fourth-order valence-corrected chi connectivity index (χ4v) is 0.763. The van der Waals surface area contributed by atoms with Gasteiger partial charge in [-0.3, -0.25) is 0 Å². The molecule has 1 aliphatic rings. The SMILES string of the molecule is CC1CC(O)=CC(=O)O1. The lowest BCUT2D eigenvalue weighted by atomic mass is 10.2. The Morgan fingerprint density at radius 3 is 3.00 bits per heavy atom. The van der Waals surface area contributed by atoms with Crippen LogP contribution < -0.4 is 0 Å². The molecule has 1 N–H and O–H groups in total. The van der Waals surface area contributed by atoms with Gasteiger partial charge in [0, 0.05) is 6.42 Å². The lowest BCUT2D eigenvalue weighted by Crippen LogP contribution is -2.19. The van der Waals surface area contributed by atoms with Crippen LogP contribution in [-0.4, -0.2) is 17.2 Å². The first-order valence-electron chi connectivity index (χ1n) is 2.78. The van der Waals surface area contributed by atoms with Crippen LogP contribution in [0.1, 0.15) is 13.3 Å². The normalized spacial score (nSPS) is 27.0. The van der Waals surface area contributed by atoms with E-state index in [9.17, 15) is 4.79 Å². The van der Waals surface area contributed by atoms with Crippen LogP contribution in [0.5, 0.6) is 0 Å². The molecule has 0 fully saturated rings. The number of esters is 1. The quantitative estimate of drug-likeness (QED) is 0.490. The molecule has 0 aromatic carbocycles. The first-order valence-corrected chi connectivity index (χ1v) is 2.78. The molecule has 0 radical (unpaired) electrons. The summed E-state index contributed by atoms with van der Waals surface area (Å²) in [7, 11) is 0. The zero-order valence-corrected chi connectivity index (χ0v) is 5.13. The maximum Gasteiger partial charge on any atom is 0.334 e. The van der Waals surface area contributed by atoms with E-state index in [0.717, 1.165) is 6.08 Å². The zero-order valence-electron chi connectivity index (χ0n) is 5.13. The maximum absolute atomic E-state index is 10.4. The molecule has 0 saturated carbocycles. The van der Waals surface area contributed by atoms with Crippen molar-refractivity contribution in [3.63, 3.8) is 0 Å². The van der Waals surface area contributed by atoms with Crippen molar-refractivity contribution in [3.05, 3.63) is 11.8 Å². The second kappa shape index (κ2) is 2.09. The van der Waals surface area contributed by atoms with E-state index in [1.165, 1.54) is 0 Å². The van der Waals surface area contributed by atoms with Crippen LogP contribution in [0.4, 0.5) is 0 Å². The molecule has 0 bridgehead atoms. The predicted octanol–water partition coefficient (Wildman–Crippen LogP) is 0.764. The van der Waals surface area contributed by atoms with E-state index in [-0.39, 0.29) is 11.9 Å². The van der Waals surface area contributed by atoms with E-state index in [2.05, 4.69) is 4.74 Å². The van der Waals surface area contributed by atoms with Crippen molar-refractivity contribution in [2.75, 3.05) is 0 Å². The predicted molar refractivity (Wildman–Crippen MR) is 30.9 cm³/mol. The van der Waals surface area contributed by atoms with E-state index in [4.69, 9.17) is 5.11 Å². The highest BCUT2D eigenvalue weighted by atomic mass is 16.5. The van der Waals surface area contributed by atoms with Gasteiger partial charge in [-0.2, -0.15) is 0 Å². The molecule has 9 heavy (non-hydrogen) atoms. The Morgan fingerprint density at radius 1 is 1.89 bits per heavy atom. The molecular weight excluding hydrogens is 120 g/mol. The zero-order chi connectivity index (χ0) is 6.85. The van der Waals surface area contributed by atoms with Crippen LogP contribution in [-0.2, 0) is 9.53 Å². The van der Waals surface area contributed by atoms with Gasteiger partial charge in [0.25, 0.3) is 0 Å². The number of aliphatic hydroxyl groups excluding tert-OH is 1. The number of hydrogen-bond acceptors (Lipinski definition) is 3. The minimum absolute atomic E-state index is 0.110. The summed E-state index contributed by atoms with van der Waals surface area (Å²) in [6.45, 7) is 1.74. The molecule has 3 heteroatoms. The maximum atomic E-state index is 10.4. The summed E-state index contributed by atoms with van der Waals surface area (Å²) in [5.74, 6) is -0.343. The molecule has 1 heterocycles. The number of rotatable bonds is 0. The highest BCUT2D eigenvalue weighted by Crippen LogP contribution is 2.11. The lowest BCUT2D eigenvalue weighted by molar-refractivity contribution is -0.144. The van der Waals surface area contributed by atoms with Gasteiger partial charge in [0.05, 0.1) is 6.08 Å². The molecule has 0 aromatic rings.